The number of aromatic amines is 1. The van der Waals surface area contributed by atoms with E-state index in [1.807, 2.05) is 12.1 Å². The maximum absolute atomic E-state index is 12.6. The second-order valence-corrected chi connectivity index (χ2v) is 6.19. The number of carbonyl (C=O) groups is 2. The van der Waals surface area contributed by atoms with Gasteiger partial charge in [-0.3, -0.25) is 9.59 Å². The first-order valence-corrected chi connectivity index (χ1v) is 8.78. The van der Waals surface area contributed by atoms with Crippen molar-refractivity contribution >= 4 is 11.9 Å². The number of rotatable bonds is 6. The number of para-hydroxylation sites is 2. The van der Waals surface area contributed by atoms with E-state index in [1.54, 1.807) is 36.4 Å². The molecule has 1 saturated heterocycles. The molecule has 1 atom stereocenters. The minimum Gasteiger partial charge on any atom is -0.460 e. The average Bonchev–Trinajstić information content (AvgIpc) is 3.39. The van der Waals surface area contributed by atoms with Crippen molar-refractivity contribution < 1.29 is 19.1 Å². The number of amides is 1. The fraction of sp³-hybridized carbons (Fsp3) is 0.211. The Hall–Kier alpha value is -3.75. The molecule has 0 radical (unpaired) electrons. The van der Waals surface area contributed by atoms with Crippen molar-refractivity contribution in [1.82, 2.24) is 25.9 Å². The van der Waals surface area contributed by atoms with Crippen molar-refractivity contribution in [2.24, 2.45) is 0 Å². The molecule has 0 saturated carbocycles. The molecular formula is C19H17N5O4. The molecule has 1 unspecified atom stereocenters. The molecule has 0 aliphatic carbocycles. The third-order valence-electron chi connectivity index (χ3n) is 4.28. The lowest BCUT2D eigenvalue weighted by atomic mass is 10.1. The number of hydrogen-bond donors (Lipinski definition) is 2. The Morgan fingerprint density at radius 1 is 1.18 bits per heavy atom. The minimum atomic E-state index is -0.310. The smallest absolute Gasteiger partial charge is 0.306 e. The van der Waals surface area contributed by atoms with Crippen LogP contribution in [0.3, 0.4) is 0 Å². The monoisotopic (exact) mass is 379 g/mol. The zero-order valence-electron chi connectivity index (χ0n) is 14.8. The van der Waals surface area contributed by atoms with Gasteiger partial charge in [-0.25, -0.2) is 0 Å². The number of carbonyl (C=O) groups excluding carboxylic acids is 2. The summed E-state index contributed by atoms with van der Waals surface area (Å²) in [6, 6.07) is 14.1. The first kappa shape index (κ1) is 17.7. The Balaban J connectivity index is 1.52. The van der Waals surface area contributed by atoms with Gasteiger partial charge < -0.3 is 14.8 Å². The lowest BCUT2D eigenvalue weighted by Crippen LogP contribution is -2.32. The third kappa shape index (κ3) is 3.83. The van der Waals surface area contributed by atoms with Gasteiger partial charge in [-0.05, 0) is 35.9 Å². The third-order valence-corrected chi connectivity index (χ3v) is 4.28. The fourth-order valence-electron chi connectivity index (χ4n) is 2.91. The minimum absolute atomic E-state index is 0.235. The summed E-state index contributed by atoms with van der Waals surface area (Å²) >= 11 is 0. The van der Waals surface area contributed by atoms with Gasteiger partial charge in [-0.2, -0.15) is 5.21 Å². The summed E-state index contributed by atoms with van der Waals surface area (Å²) in [5.41, 5.74) is 1.01. The van der Waals surface area contributed by atoms with E-state index in [4.69, 9.17) is 9.47 Å². The van der Waals surface area contributed by atoms with Crippen LogP contribution in [0.2, 0.25) is 0 Å². The van der Waals surface area contributed by atoms with Gasteiger partial charge in [-0.1, -0.05) is 24.3 Å². The van der Waals surface area contributed by atoms with E-state index >= 15 is 0 Å². The van der Waals surface area contributed by atoms with Crippen LogP contribution in [-0.2, 0) is 9.53 Å². The van der Waals surface area contributed by atoms with E-state index in [1.165, 1.54) is 0 Å². The van der Waals surface area contributed by atoms with Crippen molar-refractivity contribution in [3.8, 4) is 22.9 Å². The molecule has 4 rings (SSSR count). The predicted molar refractivity (Wildman–Crippen MR) is 97.6 cm³/mol. The van der Waals surface area contributed by atoms with Crippen LogP contribution in [0.15, 0.2) is 48.5 Å². The van der Waals surface area contributed by atoms with Crippen LogP contribution in [0.1, 0.15) is 23.2 Å². The van der Waals surface area contributed by atoms with Crippen LogP contribution in [0.25, 0.3) is 11.4 Å². The van der Waals surface area contributed by atoms with Gasteiger partial charge in [0, 0.05) is 6.42 Å². The number of esters is 1. The Labute approximate surface area is 160 Å². The Bertz CT molecular complexity index is 990. The van der Waals surface area contributed by atoms with E-state index in [0.717, 1.165) is 0 Å². The number of nitrogens with one attached hydrogen (secondary N) is 2. The summed E-state index contributed by atoms with van der Waals surface area (Å²) in [6.45, 7) is 0.262. The SMILES string of the molecule is O=C1CCC(CNC(=O)c2ccccc2Oc2ccccc2-c2nn[nH]n2)O1. The zero-order chi connectivity index (χ0) is 19.3. The molecule has 0 spiro atoms. The van der Waals surface area contributed by atoms with Gasteiger partial charge >= 0.3 is 5.97 Å². The predicted octanol–water partition coefficient (Wildman–Crippen LogP) is 2.09. The average molecular weight is 379 g/mol. The molecule has 28 heavy (non-hydrogen) atoms. The van der Waals surface area contributed by atoms with Gasteiger partial charge in [0.25, 0.3) is 5.91 Å². The van der Waals surface area contributed by atoms with E-state index in [0.29, 0.717) is 41.3 Å². The Morgan fingerprint density at radius 3 is 2.71 bits per heavy atom. The molecule has 1 aliphatic heterocycles. The number of hydrogen-bond acceptors (Lipinski definition) is 7. The van der Waals surface area contributed by atoms with Gasteiger partial charge in [0.15, 0.2) is 0 Å². The summed E-state index contributed by atoms with van der Waals surface area (Å²) < 4.78 is 11.1. The highest BCUT2D eigenvalue weighted by molar-refractivity contribution is 5.97. The van der Waals surface area contributed by atoms with Crippen molar-refractivity contribution in [2.75, 3.05) is 6.54 Å². The van der Waals surface area contributed by atoms with Gasteiger partial charge in [-0.15, -0.1) is 10.2 Å². The number of ether oxygens (including phenoxy) is 2. The number of cyclic esters (lactones) is 1. The van der Waals surface area contributed by atoms with E-state index < -0.39 is 0 Å². The highest BCUT2D eigenvalue weighted by Gasteiger charge is 2.24. The number of tetrazole rings is 1. The standard InChI is InChI=1S/C19H17N5O4/c25-17-10-9-12(27-17)11-20-19(26)14-6-2-4-8-16(14)28-15-7-3-1-5-13(15)18-21-23-24-22-18/h1-8,12H,9-11H2,(H,20,26)(H,21,22,23,24). The van der Waals surface area contributed by atoms with E-state index in [-0.39, 0.29) is 24.5 Å². The molecule has 3 aromatic rings. The molecular weight excluding hydrogens is 362 g/mol. The highest BCUT2D eigenvalue weighted by atomic mass is 16.5. The highest BCUT2D eigenvalue weighted by Crippen LogP contribution is 2.32. The topological polar surface area (TPSA) is 119 Å². The van der Waals surface area contributed by atoms with Crippen LogP contribution in [-0.4, -0.2) is 45.1 Å². The van der Waals surface area contributed by atoms with Gasteiger partial charge in [0.1, 0.15) is 17.6 Å². The quantitative estimate of drug-likeness (QED) is 0.629. The number of nitrogens with zero attached hydrogens (tertiary/aromatic N) is 3. The van der Waals surface area contributed by atoms with Crippen LogP contribution in [0, 0.1) is 0 Å². The Kier molecular flexibility index (Phi) is 4.96. The lowest BCUT2D eigenvalue weighted by molar-refractivity contribution is -0.141. The van der Waals surface area contributed by atoms with Crippen LogP contribution < -0.4 is 10.1 Å². The second-order valence-electron chi connectivity index (χ2n) is 6.19. The summed E-state index contributed by atoms with van der Waals surface area (Å²) in [5, 5.41) is 16.7. The summed E-state index contributed by atoms with van der Waals surface area (Å²) in [7, 11) is 0. The van der Waals surface area contributed by atoms with Gasteiger partial charge in [0.05, 0.1) is 17.7 Å². The summed E-state index contributed by atoms with van der Waals surface area (Å²) in [6.07, 6.45) is 0.700. The molecule has 2 N–H and O–H groups in total. The largest absolute Gasteiger partial charge is 0.460 e. The van der Waals surface area contributed by atoms with Crippen molar-refractivity contribution in [2.45, 2.75) is 18.9 Å². The van der Waals surface area contributed by atoms with E-state index in [9.17, 15) is 9.59 Å². The van der Waals surface area contributed by atoms with Crippen molar-refractivity contribution in [1.29, 1.82) is 0 Å². The first-order valence-electron chi connectivity index (χ1n) is 8.78. The molecule has 0 bridgehead atoms. The zero-order valence-corrected chi connectivity index (χ0v) is 14.8. The first-order chi connectivity index (χ1) is 13.7. The molecule has 142 valence electrons. The molecule has 1 amide bonds. The normalized spacial score (nSPS) is 15.9. The maximum Gasteiger partial charge on any atom is 0.306 e. The molecule has 1 aliphatic rings. The molecule has 9 heteroatoms. The molecule has 2 aromatic carbocycles. The second kappa shape index (κ2) is 7.87. The molecule has 1 aromatic heterocycles. The molecule has 1 fully saturated rings. The van der Waals surface area contributed by atoms with E-state index in [2.05, 4.69) is 25.9 Å². The number of aromatic nitrogens is 4. The fourth-order valence-corrected chi connectivity index (χ4v) is 2.91. The summed E-state index contributed by atoms with van der Waals surface area (Å²) in [4.78, 5) is 23.8. The van der Waals surface area contributed by atoms with Gasteiger partial charge in [0.2, 0.25) is 5.82 Å². The Morgan fingerprint density at radius 2 is 1.96 bits per heavy atom. The van der Waals surface area contributed by atoms with Crippen LogP contribution in [0.4, 0.5) is 0 Å². The van der Waals surface area contributed by atoms with Crippen molar-refractivity contribution in [3.63, 3.8) is 0 Å². The van der Waals surface area contributed by atoms with Crippen LogP contribution >= 0.6 is 0 Å². The molecule has 2 heterocycles. The van der Waals surface area contributed by atoms with Crippen molar-refractivity contribution in [3.05, 3.63) is 54.1 Å². The summed E-state index contributed by atoms with van der Waals surface area (Å²) in [5.74, 6) is 0.727. The number of H-pyrrole nitrogens is 1. The lowest BCUT2D eigenvalue weighted by Gasteiger charge is -2.14. The number of benzene rings is 2. The molecule has 9 nitrogen and oxygen atoms in total. The maximum atomic E-state index is 12.6. The van der Waals surface area contributed by atoms with Crippen LogP contribution in [0.5, 0.6) is 11.5 Å².